The molecule has 5 heteroatoms. The fourth-order valence-electron chi connectivity index (χ4n) is 2.96. The van der Waals surface area contributed by atoms with E-state index in [1.165, 1.54) is 0 Å². The van der Waals surface area contributed by atoms with Gasteiger partial charge in [-0.1, -0.05) is 37.6 Å². The van der Waals surface area contributed by atoms with Crippen LogP contribution in [0.3, 0.4) is 0 Å². The molecule has 0 amide bonds. The largest absolute Gasteiger partial charge is 0.307 e. The molecule has 3 aromatic rings. The van der Waals surface area contributed by atoms with Gasteiger partial charge in [0, 0.05) is 5.02 Å². The average molecular weight is 356 g/mol. The Hall–Kier alpha value is -2.17. The summed E-state index contributed by atoms with van der Waals surface area (Å²) in [5.41, 5.74) is 1.45. The monoisotopic (exact) mass is 355 g/mol. The minimum absolute atomic E-state index is 0.00735. The molecular weight excluding hydrogens is 334 g/mol. The summed E-state index contributed by atoms with van der Waals surface area (Å²) in [6.07, 6.45) is 1.87. The predicted octanol–water partition coefficient (Wildman–Crippen LogP) is 4.49. The first kappa shape index (κ1) is 17.6. The topological polar surface area (TPSA) is 46.9 Å². The summed E-state index contributed by atoms with van der Waals surface area (Å²) < 4.78 is 1.70. The summed E-state index contributed by atoms with van der Waals surface area (Å²) in [5, 5.41) is 4.76. The Labute approximate surface area is 152 Å². The Balaban J connectivity index is 2.27. The highest BCUT2D eigenvalue weighted by Gasteiger charge is 2.19. The van der Waals surface area contributed by atoms with Gasteiger partial charge in [0.2, 0.25) is 0 Å². The van der Waals surface area contributed by atoms with Crippen molar-refractivity contribution in [1.82, 2.24) is 14.9 Å². The van der Waals surface area contributed by atoms with Crippen LogP contribution in [0, 0.1) is 0 Å². The molecule has 0 aliphatic carbocycles. The van der Waals surface area contributed by atoms with Gasteiger partial charge in [-0.3, -0.25) is 9.36 Å². The molecule has 25 heavy (non-hydrogen) atoms. The highest BCUT2D eigenvalue weighted by atomic mass is 35.5. The van der Waals surface area contributed by atoms with Crippen molar-refractivity contribution in [3.8, 4) is 5.69 Å². The lowest BCUT2D eigenvalue weighted by Crippen LogP contribution is -2.31. The molecule has 4 nitrogen and oxygen atoms in total. The lowest BCUT2D eigenvalue weighted by molar-refractivity contribution is 0.484. The zero-order valence-electron chi connectivity index (χ0n) is 14.5. The molecule has 0 fully saturated rings. The lowest BCUT2D eigenvalue weighted by atomic mass is 10.1. The van der Waals surface area contributed by atoms with Crippen LogP contribution in [0.1, 0.15) is 38.6 Å². The van der Waals surface area contributed by atoms with Gasteiger partial charge in [0.25, 0.3) is 5.56 Å². The molecule has 2 aromatic carbocycles. The van der Waals surface area contributed by atoms with Crippen LogP contribution in [-0.2, 0) is 0 Å². The highest BCUT2D eigenvalue weighted by Crippen LogP contribution is 2.21. The smallest absolute Gasteiger partial charge is 0.266 e. The molecule has 0 saturated carbocycles. The van der Waals surface area contributed by atoms with Crippen LogP contribution >= 0.6 is 11.6 Å². The van der Waals surface area contributed by atoms with Gasteiger partial charge in [-0.25, -0.2) is 4.98 Å². The van der Waals surface area contributed by atoms with E-state index in [-0.39, 0.29) is 11.6 Å². The number of hydrogen-bond acceptors (Lipinski definition) is 3. The molecule has 3 rings (SSSR count). The van der Waals surface area contributed by atoms with Gasteiger partial charge < -0.3 is 5.32 Å². The fourth-order valence-corrected chi connectivity index (χ4v) is 3.09. The van der Waals surface area contributed by atoms with E-state index in [1.54, 1.807) is 16.7 Å². The van der Waals surface area contributed by atoms with E-state index < -0.39 is 0 Å². The Morgan fingerprint density at radius 2 is 1.84 bits per heavy atom. The first-order valence-electron chi connectivity index (χ1n) is 8.66. The number of para-hydroxylation sites is 1. The molecule has 1 aromatic heterocycles. The number of halogens is 1. The minimum atomic E-state index is -0.0559. The molecule has 1 atom stereocenters. The molecule has 0 aliphatic heterocycles. The average Bonchev–Trinajstić information content (AvgIpc) is 2.64. The number of nitrogens with zero attached hydrogens (tertiary/aromatic N) is 2. The van der Waals surface area contributed by atoms with Gasteiger partial charge in [-0.15, -0.1) is 0 Å². The van der Waals surface area contributed by atoms with Crippen molar-refractivity contribution in [2.24, 2.45) is 0 Å². The number of benzene rings is 2. The standard InChI is InChI=1S/C20H22ClN3O/c1-3-13-22-17(4-2)19-23-18-8-6-5-7-16(18)20(25)24(19)15-11-9-14(21)10-12-15/h5-12,17,22H,3-4,13H2,1-2H3/t17-/m1/s1. The third-order valence-corrected chi connectivity index (χ3v) is 4.50. The summed E-state index contributed by atoms with van der Waals surface area (Å²) in [4.78, 5) is 18.0. The molecule has 0 unspecified atom stereocenters. The molecular formula is C20H22ClN3O. The van der Waals surface area contributed by atoms with Crippen molar-refractivity contribution in [2.45, 2.75) is 32.7 Å². The van der Waals surface area contributed by atoms with Gasteiger partial charge in [0.05, 0.1) is 22.6 Å². The first-order chi connectivity index (χ1) is 12.2. The van der Waals surface area contributed by atoms with E-state index in [0.29, 0.717) is 10.4 Å². The highest BCUT2D eigenvalue weighted by molar-refractivity contribution is 6.30. The molecule has 0 radical (unpaired) electrons. The van der Waals surface area contributed by atoms with E-state index in [2.05, 4.69) is 19.2 Å². The third-order valence-electron chi connectivity index (χ3n) is 4.25. The number of nitrogens with one attached hydrogen (secondary N) is 1. The van der Waals surface area contributed by atoms with Crippen LogP contribution in [0.4, 0.5) is 0 Å². The Morgan fingerprint density at radius 3 is 2.52 bits per heavy atom. The summed E-state index contributed by atoms with van der Waals surface area (Å²) >= 11 is 6.02. The van der Waals surface area contributed by atoms with Crippen LogP contribution in [0.15, 0.2) is 53.3 Å². The lowest BCUT2D eigenvalue weighted by Gasteiger charge is -2.21. The second kappa shape index (κ2) is 7.81. The van der Waals surface area contributed by atoms with E-state index >= 15 is 0 Å². The summed E-state index contributed by atoms with van der Waals surface area (Å²) in [7, 11) is 0. The first-order valence-corrected chi connectivity index (χ1v) is 9.04. The number of hydrogen-bond donors (Lipinski definition) is 1. The second-order valence-electron chi connectivity index (χ2n) is 6.02. The molecule has 1 heterocycles. The number of rotatable bonds is 6. The summed E-state index contributed by atoms with van der Waals surface area (Å²) in [6, 6.07) is 14.8. The molecule has 1 N–H and O–H groups in total. The molecule has 0 saturated heterocycles. The van der Waals surface area contributed by atoms with Crippen LogP contribution < -0.4 is 10.9 Å². The van der Waals surface area contributed by atoms with Crippen LogP contribution in [0.2, 0.25) is 5.02 Å². The Kier molecular flexibility index (Phi) is 5.51. The summed E-state index contributed by atoms with van der Waals surface area (Å²) in [5.74, 6) is 0.738. The predicted molar refractivity (Wildman–Crippen MR) is 104 cm³/mol. The SMILES string of the molecule is CCCN[C@H](CC)c1nc2ccccc2c(=O)n1-c1ccc(Cl)cc1. The Bertz CT molecular complexity index is 918. The van der Waals surface area contributed by atoms with Gasteiger partial charge >= 0.3 is 0 Å². The van der Waals surface area contributed by atoms with Crippen LogP contribution in [0.5, 0.6) is 0 Å². The molecule has 0 bridgehead atoms. The molecule has 0 spiro atoms. The quantitative estimate of drug-likeness (QED) is 0.708. The fraction of sp³-hybridized carbons (Fsp3) is 0.300. The van der Waals surface area contributed by atoms with Crippen molar-refractivity contribution in [2.75, 3.05) is 6.54 Å². The number of fused-ring (bicyclic) bond motifs is 1. The third kappa shape index (κ3) is 3.60. The zero-order valence-corrected chi connectivity index (χ0v) is 15.3. The minimum Gasteiger partial charge on any atom is -0.307 e. The zero-order chi connectivity index (χ0) is 17.8. The van der Waals surface area contributed by atoms with Gasteiger partial charge in [-0.2, -0.15) is 0 Å². The summed E-state index contributed by atoms with van der Waals surface area (Å²) in [6.45, 7) is 5.10. The molecule has 130 valence electrons. The van der Waals surface area contributed by atoms with Crippen molar-refractivity contribution >= 4 is 22.5 Å². The number of aromatic nitrogens is 2. The maximum atomic E-state index is 13.2. The Morgan fingerprint density at radius 1 is 1.12 bits per heavy atom. The molecule has 0 aliphatic rings. The van der Waals surface area contributed by atoms with Crippen molar-refractivity contribution in [3.63, 3.8) is 0 Å². The second-order valence-corrected chi connectivity index (χ2v) is 6.46. The van der Waals surface area contributed by atoms with Crippen LogP contribution in [0.25, 0.3) is 16.6 Å². The van der Waals surface area contributed by atoms with Crippen molar-refractivity contribution < 1.29 is 0 Å². The van der Waals surface area contributed by atoms with E-state index in [4.69, 9.17) is 16.6 Å². The normalized spacial score (nSPS) is 12.4. The van der Waals surface area contributed by atoms with Crippen molar-refractivity contribution in [3.05, 3.63) is 69.7 Å². The maximum Gasteiger partial charge on any atom is 0.266 e. The van der Waals surface area contributed by atoms with E-state index in [9.17, 15) is 4.79 Å². The van der Waals surface area contributed by atoms with Gasteiger partial charge in [0.1, 0.15) is 5.82 Å². The van der Waals surface area contributed by atoms with Gasteiger partial charge in [-0.05, 0) is 55.8 Å². The van der Waals surface area contributed by atoms with Crippen molar-refractivity contribution in [1.29, 1.82) is 0 Å². The maximum absolute atomic E-state index is 13.2. The van der Waals surface area contributed by atoms with Gasteiger partial charge in [0.15, 0.2) is 0 Å². The van der Waals surface area contributed by atoms with E-state index in [0.717, 1.165) is 36.4 Å². The van der Waals surface area contributed by atoms with E-state index in [1.807, 2.05) is 36.4 Å². The van der Waals surface area contributed by atoms with Crippen LogP contribution in [-0.4, -0.2) is 16.1 Å².